The van der Waals surface area contributed by atoms with E-state index in [1.54, 1.807) is 0 Å². The maximum Gasteiger partial charge on any atom is 0.333 e. The van der Waals surface area contributed by atoms with E-state index in [0.29, 0.717) is 6.42 Å². The van der Waals surface area contributed by atoms with Crippen molar-refractivity contribution >= 4 is 0 Å². The molecule has 140 valence electrons. The summed E-state index contributed by atoms with van der Waals surface area (Å²) in [6.07, 6.45) is -3.13. The average Bonchev–Trinajstić information content (AvgIpc) is 2.90. The second-order valence-corrected chi connectivity index (χ2v) is 6.46. The van der Waals surface area contributed by atoms with Gasteiger partial charge >= 0.3 is 5.69 Å². The van der Waals surface area contributed by atoms with Gasteiger partial charge in [-0.2, -0.15) is 0 Å². The molecule has 0 amide bonds. The number of nitrogens with zero attached hydrogens (tertiary/aromatic N) is 2. The van der Waals surface area contributed by atoms with Crippen LogP contribution in [-0.2, 0) is 17.7 Å². The maximum atomic E-state index is 12.7. The number of ether oxygens (including phenoxy) is 1. The molecule has 0 radical (unpaired) electrons. The van der Waals surface area contributed by atoms with Crippen LogP contribution in [0.25, 0.3) is 0 Å². The van der Waals surface area contributed by atoms with Crippen LogP contribution in [-0.4, -0.2) is 49.4 Å². The molecule has 3 N–H and O–H groups in total. The van der Waals surface area contributed by atoms with Gasteiger partial charge < -0.3 is 20.1 Å². The molecule has 1 fully saturated rings. The van der Waals surface area contributed by atoms with Crippen molar-refractivity contribution in [3.8, 4) is 0 Å². The highest BCUT2D eigenvalue weighted by Gasteiger charge is 2.43. The van der Waals surface area contributed by atoms with E-state index in [0.717, 1.165) is 20.3 Å². The van der Waals surface area contributed by atoms with Crippen LogP contribution >= 0.6 is 0 Å². The Labute approximate surface area is 149 Å². The third kappa shape index (κ3) is 3.49. The number of aliphatic hydroxyl groups is 3. The van der Waals surface area contributed by atoms with Crippen molar-refractivity contribution in [2.24, 2.45) is 0 Å². The van der Waals surface area contributed by atoms with E-state index in [2.05, 4.69) is 0 Å². The lowest BCUT2D eigenvalue weighted by molar-refractivity contribution is -0.0556. The molecular weight excluding hydrogens is 340 g/mol. The molecule has 0 aliphatic carbocycles. The molecule has 3 rings (SSSR count). The van der Waals surface area contributed by atoms with E-state index in [1.807, 2.05) is 31.2 Å². The summed E-state index contributed by atoms with van der Waals surface area (Å²) in [5, 5.41) is 29.1. The lowest BCUT2D eigenvalue weighted by Crippen LogP contribution is -2.43. The van der Waals surface area contributed by atoms with E-state index in [9.17, 15) is 24.9 Å². The molecule has 26 heavy (non-hydrogen) atoms. The van der Waals surface area contributed by atoms with Crippen LogP contribution in [0.3, 0.4) is 0 Å². The molecule has 1 saturated heterocycles. The van der Waals surface area contributed by atoms with E-state index in [4.69, 9.17) is 4.74 Å². The van der Waals surface area contributed by atoms with Gasteiger partial charge in [0.15, 0.2) is 6.23 Å². The summed E-state index contributed by atoms with van der Waals surface area (Å²) in [7, 11) is 0. The Bertz CT molecular complexity index is 890. The molecule has 4 atom stereocenters. The molecule has 1 aromatic heterocycles. The topological polar surface area (TPSA) is 114 Å². The quantitative estimate of drug-likeness (QED) is 0.640. The standard InChI is InChI=1S/C18H22N2O6/c1-11-3-2-4-12(9-11)5-7-19-14(22)6-8-20(18(19)25)17-16(24)15(23)13(10-21)26-17/h2-4,6,8-9,13,15-17,21,23-24H,5,7,10H2,1H3/t13-,15+,16+,17-/m1/s1. The van der Waals surface area contributed by atoms with Crippen LogP contribution in [0.2, 0.25) is 0 Å². The number of benzene rings is 1. The number of rotatable bonds is 5. The first kappa shape index (κ1) is 18.5. The molecule has 2 aromatic rings. The highest BCUT2D eigenvalue weighted by atomic mass is 16.6. The Kier molecular flexibility index (Phi) is 5.38. The third-order valence-electron chi connectivity index (χ3n) is 4.59. The second-order valence-electron chi connectivity index (χ2n) is 6.46. The van der Waals surface area contributed by atoms with Crippen molar-refractivity contribution in [2.75, 3.05) is 6.61 Å². The molecule has 0 bridgehead atoms. The molecule has 8 heteroatoms. The second kappa shape index (κ2) is 7.55. The number of hydrogen-bond acceptors (Lipinski definition) is 6. The largest absolute Gasteiger partial charge is 0.394 e. The van der Waals surface area contributed by atoms with Crippen LogP contribution in [0, 0.1) is 6.92 Å². The molecular formula is C18H22N2O6. The highest BCUT2D eigenvalue weighted by molar-refractivity contribution is 5.22. The van der Waals surface area contributed by atoms with Gasteiger partial charge in [0.2, 0.25) is 0 Å². The van der Waals surface area contributed by atoms with Crippen molar-refractivity contribution in [1.29, 1.82) is 0 Å². The van der Waals surface area contributed by atoms with E-state index in [1.165, 1.54) is 12.3 Å². The lowest BCUT2D eigenvalue weighted by Gasteiger charge is -2.18. The smallest absolute Gasteiger partial charge is 0.333 e. The summed E-state index contributed by atoms with van der Waals surface area (Å²) in [5.41, 5.74) is 0.997. The van der Waals surface area contributed by atoms with Gasteiger partial charge in [0.05, 0.1) is 6.61 Å². The zero-order valence-corrected chi connectivity index (χ0v) is 14.4. The molecule has 8 nitrogen and oxygen atoms in total. The molecule has 2 heterocycles. The summed E-state index contributed by atoms with van der Waals surface area (Å²) in [6, 6.07) is 9.00. The molecule has 1 aliphatic heterocycles. The van der Waals surface area contributed by atoms with Crippen LogP contribution in [0.4, 0.5) is 0 Å². The Hall–Kier alpha value is -2.26. The average molecular weight is 362 g/mol. The first-order chi connectivity index (χ1) is 12.4. The van der Waals surface area contributed by atoms with Crippen LogP contribution in [0.5, 0.6) is 0 Å². The van der Waals surface area contributed by atoms with Gasteiger partial charge in [-0.05, 0) is 18.9 Å². The minimum absolute atomic E-state index is 0.177. The van der Waals surface area contributed by atoms with Gasteiger partial charge in [-0.1, -0.05) is 29.8 Å². The minimum Gasteiger partial charge on any atom is -0.394 e. The van der Waals surface area contributed by atoms with Gasteiger partial charge in [-0.25, -0.2) is 4.79 Å². The number of hydrogen-bond donors (Lipinski definition) is 3. The van der Waals surface area contributed by atoms with Crippen molar-refractivity contribution in [2.45, 2.75) is 44.4 Å². The molecule has 0 unspecified atom stereocenters. The van der Waals surface area contributed by atoms with E-state index >= 15 is 0 Å². The van der Waals surface area contributed by atoms with Crippen molar-refractivity contribution in [3.05, 3.63) is 68.5 Å². The summed E-state index contributed by atoms with van der Waals surface area (Å²) in [6.45, 7) is 1.65. The summed E-state index contributed by atoms with van der Waals surface area (Å²) < 4.78 is 7.51. The number of aryl methyl sites for hydroxylation is 2. The summed E-state index contributed by atoms with van der Waals surface area (Å²) >= 11 is 0. The number of aromatic nitrogens is 2. The van der Waals surface area contributed by atoms with Gasteiger partial charge in [0.25, 0.3) is 5.56 Å². The third-order valence-corrected chi connectivity index (χ3v) is 4.59. The van der Waals surface area contributed by atoms with Gasteiger partial charge in [-0.3, -0.25) is 13.9 Å². The fourth-order valence-corrected chi connectivity index (χ4v) is 3.15. The minimum atomic E-state index is -1.38. The first-order valence-corrected chi connectivity index (χ1v) is 8.42. The molecule has 0 saturated carbocycles. The Morgan fingerprint density at radius 2 is 1.92 bits per heavy atom. The van der Waals surface area contributed by atoms with Crippen LogP contribution < -0.4 is 11.2 Å². The summed E-state index contributed by atoms with van der Waals surface area (Å²) in [5.74, 6) is 0. The Balaban J connectivity index is 1.87. The number of aliphatic hydroxyl groups excluding tert-OH is 3. The van der Waals surface area contributed by atoms with Crippen molar-refractivity contribution < 1.29 is 20.1 Å². The van der Waals surface area contributed by atoms with Crippen LogP contribution in [0.1, 0.15) is 17.4 Å². The fourth-order valence-electron chi connectivity index (χ4n) is 3.15. The van der Waals surface area contributed by atoms with Gasteiger partial charge in [0.1, 0.15) is 18.3 Å². The predicted octanol–water partition coefficient (Wildman–Crippen LogP) is -0.827. The Morgan fingerprint density at radius 1 is 1.15 bits per heavy atom. The normalized spacial score (nSPS) is 25.5. The maximum absolute atomic E-state index is 12.7. The van der Waals surface area contributed by atoms with Crippen LogP contribution in [0.15, 0.2) is 46.1 Å². The zero-order chi connectivity index (χ0) is 18.8. The van der Waals surface area contributed by atoms with Crippen molar-refractivity contribution in [1.82, 2.24) is 9.13 Å². The van der Waals surface area contributed by atoms with Gasteiger partial charge in [0, 0.05) is 18.8 Å². The molecule has 0 spiro atoms. The fraction of sp³-hybridized carbons (Fsp3) is 0.444. The van der Waals surface area contributed by atoms with E-state index in [-0.39, 0.29) is 6.54 Å². The van der Waals surface area contributed by atoms with E-state index < -0.39 is 42.4 Å². The SMILES string of the molecule is Cc1cccc(CCn2c(=O)ccn([C@@H]3O[C@H](CO)[C@H](O)[C@@H]3O)c2=O)c1. The monoisotopic (exact) mass is 362 g/mol. The lowest BCUT2D eigenvalue weighted by atomic mass is 10.1. The highest BCUT2D eigenvalue weighted by Crippen LogP contribution is 2.27. The predicted molar refractivity (Wildman–Crippen MR) is 92.9 cm³/mol. The summed E-state index contributed by atoms with van der Waals surface area (Å²) in [4.78, 5) is 24.8. The first-order valence-electron chi connectivity index (χ1n) is 8.42. The Morgan fingerprint density at radius 3 is 2.58 bits per heavy atom. The molecule has 1 aromatic carbocycles. The molecule has 1 aliphatic rings. The zero-order valence-electron chi connectivity index (χ0n) is 14.4. The van der Waals surface area contributed by atoms with Crippen molar-refractivity contribution in [3.63, 3.8) is 0 Å². The van der Waals surface area contributed by atoms with Gasteiger partial charge in [-0.15, -0.1) is 0 Å².